The van der Waals surface area contributed by atoms with E-state index in [0.29, 0.717) is 11.9 Å². The highest BCUT2D eigenvalue weighted by atomic mass is 16.1. The molecule has 4 fully saturated rings. The molecule has 0 spiro atoms. The van der Waals surface area contributed by atoms with Crippen molar-refractivity contribution in [3.63, 3.8) is 0 Å². The van der Waals surface area contributed by atoms with Gasteiger partial charge in [0.15, 0.2) is 5.78 Å². The second-order valence-corrected chi connectivity index (χ2v) is 9.17. The van der Waals surface area contributed by atoms with Gasteiger partial charge < -0.3 is 4.57 Å². The smallest absolute Gasteiger partial charge is 0.242 e. The minimum absolute atomic E-state index is 0.122. The van der Waals surface area contributed by atoms with E-state index < -0.39 is 0 Å². The number of fused-ring (bicyclic) bond motifs is 1. The van der Waals surface area contributed by atoms with Crippen molar-refractivity contribution in [1.29, 1.82) is 0 Å². The summed E-state index contributed by atoms with van der Waals surface area (Å²) in [6.07, 6.45) is 0.479. The molecule has 5 heterocycles. The first kappa shape index (κ1) is 15.6. The van der Waals surface area contributed by atoms with Crippen LogP contribution in [0.1, 0.15) is 38.2 Å². The molecule has 1 aromatic heterocycles. The van der Waals surface area contributed by atoms with Gasteiger partial charge in [0.1, 0.15) is 10.8 Å². The molecule has 1 aromatic carbocycles. The largest absolute Gasteiger partial charge is 0.344 e. The van der Waals surface area contributed by atoms with E-state index in [1.165, 1.54) is 22.2 Å². The van der Waals surface area contributed by atoms with Crippen LogP contribution in [-0.2, 0) is 11.3 Å². The Kier molecular flexibility index (Phi) is 2.96. The Morgan fingerprint density at radius 1 is 1.08 bits per heavy atom. The summed E-state index contributed by atoms with van der Waals surface area (Å²) in [4.78, 5) is 16.2. The zero-order valence-electron chi connectivity index (χ0n) is 15.8. The number of para-hydroxylation sites is 1. The van der Waals surface area contributed by atoms with E-state index in [9.17, 15) is 4.79 Å². The first-order chi connectivity index (χ1) is 11.9. The van der Waals surface area contributed by atoms with Crippen LogP contribution in [0.5, 0.6) is 0 Å². The maximum Gasteiger partial charge on any atom is 0.242 e. The van der Waals surface area contributed by atoms with Gasteiger partial charge in [-0.2, -0.15) is 0 Å². The number of benzene rings is 1. The highest BCUT2D eigenvalue weighted by Gasteiger charge is 2.68. The molecule has 4 bridgehead atoms. The summed E-state index contributed by atoms with van der Waals surface area (Å²) in [6.45, 7) is 14.0. The highest BCUT2D eigenvalue weighted by Crippen LogP contribution is 2.38. The van der Waals surface area contributed by atoms with Crippen molar-refractivity contribution in [2.45, 2.75) is 40.4 Å². The number of nitrogens with one attached hydrogen (secondary N) is 2. The topological polar surface area (TPSA) is 30.9 Å². The lowest BCUT2D eigenvalue weighted by Gasteiger charge is -2.58. The lowest BCUT2D eigenvalue weighted by atomic mass is 9.62. The van der Waals surface area contributed by atoms with E-state index in [1.54, 1.807) is 9.80 Å². The summed E-state index contributed by atoms with van der Waals surface area (Å²) in [5.41, 5.74) is 4.07. The van der Waals surface area contributed by atoms with Crippen LogP contribution in [0.4, 0.5) is 0 Å². The van der Waals surface area contributed by atoms with Gasteiger partial charge in [0.2, 0.25) is 6.17 Å². The number of carbonyl (C=O) groups excluding carboxylic acids is 1. The first-order valence-corrected chi connectivity index (χ1v) is 9.70. The van der Waals surface area contributed by atoms with E-state index in [4.69, 9.17) is 0 Å². The molecule has 0 aliphatic carbocycles. The maximum atomic E-state index is 13.0. The standard InChI is InChI=1S/C21H27N3O/c1-5-24-14(2)17(15-8-6-7-9-16(15)24)18-22-10-20(3)11-23(18)13-21(4,12-22)19(20)25/h6-9,18H,5,10-13H2,1-4H3/p+2. The van der Waals surface area contributed by atoms with Gasteiger partial charge in [-0.1, -0.05) is 18.2 Å². The van der Waals surface area contributed by atoms with E-state index >= 15 is 0 Å². The number of rotatable bonds is 2. The van der Waals surface area contributed by atoms with Crippen LogP contribution >= 0.6 is 0 Å². The fourth-order valence-electron chi connectivity index (χ4n) is 6.64. The number of quaternary nitrogens is 2. The van der Waals surface area contributed by atoms with Crippen molar-refractivity contribution in [2.75, 3.05) is 26.2 Å². The van der Waals surface area contributed by atoms with Crippen LogP contribution in [0, 0.1) is 17.8 Å². The van der Waals surface area contributed by atoms with Gasteiger partial charge in [0.05, 0.1) is 31.7 Å². The molecule has 0 amide bonds. The fourth-order valence-corrected chi connectivity index (χ4v) is 6.64. The third-order valence-corrected chi connectivity index (χ3v) is 7.27. The summed E-state index contributed by atoms with van der Waals surface area (Å²) >= 11 is 0. The van der Waals surface area contributed by atoms with Gasteiger partial charge in [-0.25, -0.2) is 0 Å². The van der Waals surface area contributed by atoms with E-state index in [0.717, 1.165) is 32.7 Å². The molecule has 132 valence electrons. The van der Waals surface area contributed by atoms with Gasteiger partial charge in [-0.3, -0.25) is 14.6 Å². The third kappa shape index (κ3) is 1.82. The number of hydrogen-bond acceptors (Lipinski definition) is 1. The Morgan fingerprint density at radius 2 is 1.64 bits per heavy atom. The maximum absolute atomic E-state index is 13.0. The lowest BCUT2D eigenvalue weighted by Crippen LogP contribution is -3.41. The number of carbonyl (C=O) groups is 1. The molecule has 0 radical (unpaired) electrons. The predicted molar refractivity (Wildman–Crippen MR) is 97.7 cm³/mol. The molecule has 4 heteroatoms. The van der Waals surface area contributed by atoms with E-state index in [1.807, 2.05) is 0 Å². The number of aryl methyl sites for hydroxylation is 1. The van der Waals surface area contributed by atoms with Crippen LogP contribution in [-0.4, -0.2) is 36.5 Å². The Labute approximate surface area is 149 Å². The SMILES string of the molecule is CCn1c(C)c(C2[NH+]3CC4(C)C[NH+]2CC(C)(C3)C4=O)c2ccccc21. The molecule has 2 N–H and O–H groups in total. The van der Waals surface area contributed by atoms with Crippen molar-refractivity contribution < 1.29 is 14.6 Å². The summed E-state index contributed by atoms with van der Waals surface area (Å²) in [6, 6.07) is 8.87. The molecule has 4 nitrogen and oxygen atoms in total. The molecule has 2 aromatic rings. The van der Waals surface area contributed by atoms with Gasteiger partial charge >= 0.3 is 0 Å². The second-order valence-electron chi connectivity index (χ2n) is 9.17. The van der Waals surface area contributed by atoms with Crippen molar-refractivity contribution in [2.24, 2.45) is 10.8 Å². The Bertz CT molecular complexity index is 856. The average Bonchev–Trinajstić information content (AvgIpc) is 2.83. The van der Waals surface area contributed by atoms with Gasteiger partial charge in [-0.05, 0) is 33.8 Å². The molecule has 4 aliphatic rings. The summed E-state index contributed by atoms with van der Waals surface area (Å²) in [5.74, 6) is 0.527. The normalized spacial score (nSPS) is 39.5. The Balaban J connectivity index is 1.69. The number of hydrogen-bond donors (Lipinski definition) is 2. The molecule has 0 unspecified atom stereocenters. The zero-order valence-corrected chi connectivity index (χ0v) is 15.8. The van der Waals surface area contributed by atoms with Gasteiger partial charge in [-0.15, -0.1) is 0 Å². The molecule has 4 aliphatic heterocycles. The molecular formula is C21H29N3O+2. The van der Waals surface area contributed by atoms with Crippen molar-refractivity contribution in [3.05, 3.63) is 35.5 Å². The number of nitrogens with zero attached hydrogens (tertiary/aromatic N) is 1. The quantitative estimate of drug-likeness (QED) is 0.813. The molecule has 0 saturated carbocycles. The molecule has 0 atom stereocenters. The molecule has 6 rings (SSSR count). The lowest BCUT2D eigenvalue weighted by molar-refractivity contribution is -1.18. The molecular weight excluding hydrogens is 310 g/mol. The zero-order chi connectivity index (χ0) is 17.6. The van der Waals surface area contributed by atoms with E-state index in [-0.39, 0.29) is 10.8 Å². The van der Waals surface area contributed by atoms with Crippen molar-refractivity contribution in [3.8, 4) is 0 Å². The fraction of sp³-hybridized carbons (Fsp3) is 0.571. The average molecular weight is 339 g/mol. The second kappa shape index (κ2) is 4.74. The van der Waals surface area contributed by atoms with Crippen LogP contribution in [0.15, 0.2) is 24.3 Å². The summed E-state index contributed by atoms with van der Waals surface area (Å²) in [5, 5.41) is 1.42. The Morgan fingerprint density at radius 3 is 2.20 bits per heavy atom. The number of ketones is 1. The molecule has 25 heavy (non-hydrogen) atoms. The minimum atomic E-state index is -0.122. The highest BCUT2D eigenvalue weighted by molar-refractivity contribution is 5.91. The molecule has 4 saturated heterocycles. The minimum Gasteiger partial charge on any atom is -0.344 e. The Hall–Kier alpha value is -1.65. The van der Waals surface area contributed by atoms with E-state index in [2.05, 4.69) is 56.5 Å². The number of Topliss-reactive ketones (excluding diaryl/α,β-unsaturated/α-hetero) is 1. The first-order valence-electron chi connectivity index (χ1n) is 9.70. The van der Waals surface area contributed by atoms with Crippen LogP contribution < -0.4 is 9.80 Å². The van der Waals surface area contributed by atoms with Crippen LogP contribution in [0.3, 0.4) is 0 Å². The van der Waals surface area contributed by atoms with Crippen LogP contribution in [0.2, 0.25) is 0 Å². The van der Waals surface area contributed by atoms with Crippen molar-refractivity contribution >= 4 is 16.7 Å². The monoisotopic (exact) mass is 339 g/mol. The van der Waals surface area contributed by atoms with Gasteiger partial charge in [0, 0.05) is 23.1 Å². The van der Waals surface area contributed by atoms with Crippen LogP contribution in [0.25, 0.3) is 10.9 Å². The number of piperidine rings is 2. The number of aromatic nitrogens is 1. The van der Waals surface area contributed by atoms with Gasteiger partial charge in [0.25, 0.3) is 0 Å². The summed E-state index contributed by atoms with van der Waals surface area (Å²) in [7, 11) is 0. The third-order valence-electron chi connectivity index (χ3n) is 7.27. The predicted octanol–water partition coefficient (Wildman–Crippen LogP) is 0.361. The summed E-state index contributed by atoms with van der Waals surface area (Å²) < 4.78 is 2.46. The van der Waals surface area contributed by atoms with Crippen molar-refractivity contribution in [1.82, 2.24) is 4.57 Å².